The Labute approximate surface area is 168 Å². The number of rotatable bonds is 10. The molecular formula is C24H32N2O2. The van der Waals surface area contributed by atoms with Crippen LogP contribution in [0, 0.1) is 0 Å². The van der Waals surface area contributed by atoms with Crippen LogP contribution in [-0.2, 0) is 6.42 Å². The van der Waals surface area contributed by atoms with E-state index in [-0.39, 0.29) is 0 Å². The normalized spacial score (nSPS) is 11.5. The molecule has 0 fully saturated rings. The quantitative estimate of drug-likeness (QED) is 0.462. The number of pyridine rings is 1. The number of ether oxygens (including phenoxy) is 2. The summed E-state index contributed by atoms with van der Waals surface area (Å²) in [6.07, 6.45) is 6.33. The predicted octanol–water partition coefficient (Wildman–Crippen LogP) is 5.01. The number of likely N-dealkylation sites (N-methyl/N-ethyl adjacent to an activating group) is 1. The minimum atomic E-state index is 0.446. The third-order valence-electron chi connectivity index (χ3n) is 5.16. The summed E-state index contributed by atoms with van der Waals surface area (Å²) in [4.78, 5) is 2.37. The summed E-state index contributed by atoms with van der Waals surface area (Å²) in [5.74, 6) is 2.40. The number of methoxy groups -OCH3 is 1. The predicted molar refractivity (Wildman–Crippen MR) is 116 cm³/mol. The van der Waals surface area contributed by atoms with Crippen molar-refractivity contribution >= 4 is 5.52 Å². The summed E-state index contributed by atoms with van der Waals surface area (Å²) in [6, 6.07) is 14.6. The van der Waals surface area contributed by atoms with Gasteiger partial charge in [0, 0.05) is 31.0 Å². The molecule has 0 aliphatic rings. The molecule has 0 saturated carbocycles. The molecule has 150 valence electrons. The molecule has 28 heavy (non-hydrogen) atoms. The second kappa shape index (κ2) is 9.65. The third-order valence-corrected chi connectivity index (χ3v) is 5.16. The summed E-state index contributed by atoms with van der Waals surface area (Å²) in [5, 5.41) is 0. The van der Waals surface area contributed by atoms with Gasteiger partial charge in [-0.25, -0.2) is 0 Å². The average molecular weight is 381 g/mol. The van der Waals surface area contributed by atoms with Gasteiger partial charge in [0.1, 0.15) is 11.5 Å². The lowest BCUT2D eigenvalue weighted by atomic mass is 10.1. The lowest BCUT2D eigenvalue weighted by molar-refractivity contribution is 0.264. The van der Waals surface area contributed by atoms with Crippen LogP contribution in [0.3, 0.4) is 0 Å². The Hall–Kier alpha value is -2.46. The van der Waals surface area contributed by atoms with E-state index in [4.69, 9.17) is 9.47 Å². The second-order valence-corrected chi connectivity index (χ2v) is 7.66. The highest BCUT2D eigenvalue weighted by Gasteiger charge is 2.14. The van der Waals surface area contributed by atoms with E-state index in [0.29, 0.717) is 5.92 Å². The standard InChI is InChI=1S/C24H32N2O2/c1-19(2)22-18-26-15-6-5-8-23(26)24(22)28-17-7-14-25(3)16-13-20-9-11-21(27-4)12-10-20/h5-6,8-12,15,18-19H,7,13-14,16-17H2,1-4H3. The van der Waals surface area contributed by atoms with Gasteiger partial charge in [0.05, 0.1) is 19.2 Å². The van der Waals surface area contributed by atoms with Crippen molar-refractivity contribution in [2.75, 3.05) is 33.9 Å². The van der Waals surface area contributed by atoms with Crippen molar-refractivity contribution in [3.05, 3.63) is 66.0 Å². The summed E-state index contributed by atoms with van der Waals surface area (Å²) >= 11 is 0. The van der Waals surface area contributed by atoms with Crippen molar-refractivity contribution in [2.45, 2.75) is 32.6 Å². The van der Waals surface area contributed by atoms with Gasteiger partial charge in [0.25, 0.3) is 0 Å². The maximum absolute atomic E-state index is 6.23. The van der Waals surface area contributed by atoms with Gasteiger partial charge in [-0.15, -0.1) is 0 Å². The third kappa shape index (κ3) is 5.08. The molecule has 2 aromatic heterocycles. The lowest BCUT2D eigenvalue weighted by Crippen LogP contribution is -2.23. The molecule has 1 aromatic carbocycles. The maximum Gasteiger partial charge on any atom is 0.148 e. The SMILES string of the molecule is COc1ccc(CCN(C)CCCOc2c(C(C)C)cn3ccccc23)cc1. The zero-order chi connectivity index (χ0) is 19.9. The molecule has 0 aliphatic heterocycles. The van der Waals surface area contributed by atoms with Crippen LogP contribution in [0.2, 0.25) is 0 Å². The van der Waals surface area contributed by atoms with Crippen LogP contribution in [0.1, 0.15) is 37.3 Å². The average Bonchev–Trinajstić information content (AvgIpc) is 3.09. The number of aromatic nitrogens is 1. The summed E-state index contributed by atoms with van der Waals surface area (Å²) in [7, 11) is 3.88. The fourth-order valence-electron chi connectivity index (χ4n) is 3.42. The van der Waals surface area contributed by atoms with Gasteiger partial charge in [-0.2, -0.15) is 0 Å². The van der Waals surface area contributed by atoms with Crippen molar-refractivity contribution in [3.63, 3.8) is 0 Å². The van der Waals surface area contributed by atoms with Crippen molar-refractivity contribution < 1.29 is 9.47 Å². The highest BCUT2D eigenvalue weighted by Crippen LogP contribution is 2.32. The van der Waals surface area contributed by atoms with E-state index in [1.807, 2.05) is 12.1 Å². The van der Waals surface area contributed by atoms with E-state index >= 15 is 0 Å². The molecule has 4 heteroatoms. The van der Waals surface area contributed by atoms with Gasteiger partial charge < -0.3 is 18.8 Å². The molecule has 0 saturated heterocycles. The van der Waals surface area contributed by atoms with E-state index < -0.39 is 0 Å². The van der Waals surface area contributed by atoms with Gasteiger partial charge >= 0.3 is 0 Å². The largest absolute Gasteiger partial charge is 0.497 e. The highest BCUT2D eigenvalue weighted by atomic mass is 16.5. The maximum atomic E-state index is 6.23. The van der Waals surface area contributed by atoms with Crippen LogP contribution in [0.5, 0.6) is 11.5 Å². The summed E-state index contributed by atoms with van der Waals surface area (Å²) in [5.41, 5.74) is 3.77. The van der Waals surface area contributed by atoms with Crippen molar-refractivity contribution in [3.8, 4) is 11.5 Å². The van der Waals surface area contributed by atoms with Gasteiger partial charge in [-0.1, -0.05) is 32.0 Å². The van der Waals surface area contributed by atoms with E-state index in [2.05, 4.69) is 72.9 Å². The van der Waals surface area contributed by atoms with Gasteiger partial charge in [-0.3, -0.25) is 0 Å². The van der Waals surface area contributed by atoms with Crippen LogP contribution >= 0.6 is 0 Å². The molecular weight excluding hydrogens is 348 g/mol. The van der Waals surface area contributed by atoms with E-state index in [0.717, 1.165) is 49.6 Å². The lowest BCUT2D eigenvalue weighted by Gasteiger charge is -2.17. The van der Waals surface area contributed by atoms with Gasteiger partial charge in [-0.05, 0) is 55.6 Å². The van der Waals surface area contributed by atoms with Crippen LogP contribution in [-0.4, -0.2) is 43.2 Å². The zero-order valence-electron chi connectivity index (χ0n) is 17.5. The Morgan fingerprint density at radius 3 is 2.54 bits per heavy atom. The molecule has 3 rings (SSSR count). The summed E-state index contributed by atoms with van der Waals surface area (Å²) in [6.45, 7) is 7.24. The van der Waals surface area contributed by atoms with Gasteiger partial charge in [0.15, 0.2) is 0 Å². The molecule has 0 bridgehead atoms. The van der Waals surface area contributed by atoms with E-state index in [9.17, 15) is 0 Å². The Morgan fingerprint density at radius 2 is 1.82 bits per heavy atom. The number of benzene rings is 1. The Morgan fingerprint density at radius 1 is 1.04 bits per heavy atom. The highest BCUT2D eigenvalue weighted by molar-refractivity contribution is 5.65. The molecule has 4 nitrogen and oxygen atoms in total. The molecule has 0 atom stereocenters. The smallest absolute Gasteiger partial charge is 0.148 e. The molecule has 0 amide bonds. The first-order chi connectivity index (χ1) is 13.6. The summed E-state index contributed by atoms with van der Waals surface area (Å²) < 4.78 is 13.6. The molecule has 0 N–H and O–H groups in total. The minimum Gasteiger partial charge on any atom is -0.497 e. The van der Waals surface area contributed by atoms with Crippen molar-refractivity contribution in [1.29, 1.82) is 0 Å². The molecule has 0 aliphatic carbocycles. The zero-order valence-corrected chi connectivity index (χ0v) is 17.5. The number of hydrogen-bond acceptors (Lipinski definition) is 3. The molecule has 0 radical (unpaired) electrons. The number of fused-ring (bicyclic) bond motifs is 1. The van der Waals surface area contributed by atoms with Crippen molar-refractivity contribution in [2.24, 2.45) is 0 Å². The first-order valence-electron chi connectivity index (χ1n) is 10.1. The molecule has 0 unspecified atom stereocenters. The first-order valence-corrected chi connectivity index (χ1v) is 10.1. The Balaban J connectivity index is 1.46. The Bertz CT molecular complexity index is 868. The van der Waals surface area contributed by atoms with E-state index in [1.54, 1.807) is 7.11 Å². The van der Waals surface area contributed by atoms with E-state index in [1.165, 1.54) is 11.1 Å². The fourth-order valence-corrected chi connectivity index (χ4v) is 3.42. The van der Waals surface area contributed by atoms with Crippen LogP contribution in [0.4, 0.5) is 0 Å². The van der Waals surface area contributed by atoms with Crippen molar-refractivity contribution in [1.82, 2.24) is 9.30 Å². The van der Waals surface area contributed by atoms with Gasteiger partial charge in [0.2, 0.25) is 0 Å². The Kier molecular flexibility index (Phi) is 6.99. The fraction of sp³-hybridized carbons (Fsp3) is 0.417. The molecule has 2 heterocycles. The van der Waals surface area contributed by atoms with Crippen LogP contribution in [0.25, 0.3) is 5.52 Å². The number of nitrogens with zero attached hydrogens (tertiary/aromatic N) is 2. The second-order valence-electron chi connectivity index (χ2n) is 7.66. The number of hydrogen-bond donors (Lipinski definition) is 0. The molecule has 0 spiro atoms. The van der Waals surface area contributed by atoms with Crippen LogP contribution < -0.4 is 9.47 Å². The molecule has 3 aromatic rings. The van der Waals surface area contributed by atoms with Crippen LogP contribution in [0.15, 0.2) is 54.9 Å². The minimum absolute atomic E-state index is 0.446. The topological polar surface area (TPSA) is 26.1 Å². The monoisotopic (exact) mass is 380 g/mol. The first kappa shape index (κ1) is 20.3.